The van der Waals surface area contributed by atoms with Crippen LogP contribution in [0, 0.1) is 29.5 Å². The van der Waals surface area contributed by atoms with Gasteiger partial charge in [0.2, 0.25) is 0 Å². The predicted octanol–water partition coefficient (Wildman–Crippen LogP) is 4.63. The largest absolute Gasteiger partial charge is 0.235 e. The summed E-state index contributed by atoms with van der Waals surface area (Å²) in [4.78, 5) is 8.64. The fourth-order valence-corrected chi connectivity index (χ4v) is 2.83. The predicted molar refractivity (Wildman–Crippen MR) is 89.9 cm³/mol. The summed E-state index contributed by atoms with van der Waals surface area (Å²) in [6, 6.07) is 6.17. The van der Waals surface area contributed by atoms with Crippen LogP contribution < -0.4 is 0 Å². The highest BCUT2D eigenvalue weighted by molar-refractivity contribution is 5.54. The van der Waals surface area contributed by atoms with E-state index in [-0.39, 0.29) is 5.82 Å². The van der Waals surface area contributed by atoms with Crippen LogP contribution in [0.5, 0.6) is 0 Å². The minimum absolute atomic E-state index is 0.262. The summed E-state index contributed by atoms with van der Waals surface area (Å²) in [6.45, 7) is 3.87. The van der Waals surface area contributed by atoms with E-state index in [0.717, 1.165) is 24.0 Å². The molecule has 3 heteroatoms. The van der Waals surface area contributed by atoms with Gasteiger partial charge in [-0.1, -0.05) is 17.9 Å². The molecule has 0 bridgehead atoms. The van der Waals surface area contributed by atoms with E-state index < -0.39 is 0 Å². The fraction of sp³-hybridized carbons (Fsp3) is 0.300. The lowest BCUT2D eigenvalue weighted by molar-refractivity contribution is 0.365. The van der Waals surface area contributed by atoms with Crippen LogP contribution >= 0.6 is 0 Å². The van der Waals surface area contributed by atoms with E-state index in [0.29, 0.717) is 17.7 Å². The zero-order valence-electron chi connectivity index (χ0n) is 13.0. The van der Waals surface area contributed by atoms with Gasteiger partial charge in [0, 0.05) is 23.9 Å². The van der Waals surface area contributed by atoms with Gasteiger partial charge in [0.15, 0.2) is 5.82 Å². The molecule has 0 spiro atoms. The van der Waals surface area contributed by atoms with Crippen LogP contribution in [-0.2, 0) is 0 Å². The second kappa shape index (κ2) is 7.19. The number of allylic oxidation sites excluding steroid dienone is 1. The Morgan fingerprint density at radius 2 is 1.70 bits per heavy atom. The van der Waals surface area contributed by atoms with Gasteiger partial charge < -0.3 is 0 Å². The fourth-order valence-electron chi connectivity index (χ4n) is 2.83. The molecule has 2 nitrogen and oxygen atoms in total. The molecule has 23 heavy (non-hydrogen) atoms. The van der Waals surface area contributed by atoms with Crippen molar-refractivity contribution in [2.45, 2.75) is 25.7 Å². The Labute approximate surface area is 136 Å². The van der Waals surface area contributed by atoms with Crippen LogP contribution in [0.2, 0.25) is 0 Å². The van der Waals surface area contributed by atoms with E-state index in [1.54, 1.807) is 24.5 Å². The molecule has 3 rings (SSSR count). The maximum absolute atomic E-state index is 12.9. The highest BCUT2D eigenvalue weighted by Crippen LogP contribution is 2.28. The Morgan fingerprint density at radius 3 is 2.30 bits per heavy atom. The number of benzene rings is 1. The molecule has 1 aromatic heterocycles. The molecule has 1 aliphatic carbocycles. The summed E-state index contributed by atoms with van der Waals surface area (Å²) in [5, 5.41) is 0. The van der Waals surface area contributed by atoms with Gasteiger partial charge in [0.25, 0.3) is 0 Å². The molecule has 1 aromatic carbocycles. The number of hydrogen-bond donors (Lipinski definition) is 0. The molecule has 1 fully saturated rings. The van der Waals surface area contributed by atoms with Crippen molar-refractivity contribution in [1.29, 1.82) is 0 Å². The van der Waals surface area contributed by atoms with Crippen molar-refractivity contribution in [3.05, 3.63) is 60.7 Å². The topological polar surface area (TPSA) is 25.8 Å². The second-order valence-electron chi connectivity index (χ2n) is 5.92. The van der Waals surface area contributed by atoms with Gasteiger partial charge in [0.1, 0.15) is 5.82 Å². The molecule has 116 valence electrons. The summed E-state index contributed by atoms with van der Waals surface area (Å²) >= 11 is 0. The average molecular weight is 306 g/mol. The minimum Gasteiger partial charge on any atom is -0.235 e. The molecule has 0 N–H and O–H groups in total. The molecule has 0 amide bonds. The first-order valence-electron chi connectivity index (χ1n) is 7.96. The van der Waals surface area contributed by atoms with Gasteiger partial charge in [-0.2, -0.15) is 0 Å². The van der Waals surface area contributed by atoms with Crippen LogP contribution in [0.15, 0.2) is 49.3 Å². The molecule has 0 radical (unpaired) electrons. The Hall–Kier alpha value is -2.47. The van der Waals surface area contributed by atoms with Gasteiger partial charge in [-0.05, 0) is 55.9 Å². The summed E-state index contributed by atoms with van der Waals surface area (Å²) in [5.41, 5.74) is 1.62. The quantitative estimate of drug-likeness (QED) is 0.597. The van der Waals surface area contributed by atoms with Crippen molar-refractivity contribution in [2.75, 3.05) is 0 Å². The van der Waals surface area contributed by atoms with Crippen molar-refractivity contribution in [2.24, 2.45) is 11.8 Å². The van der Waals surface area contributed by atoms with Crippen molar-refractivity contribution < 1.29 is 4.39 Å². The van der Waals surface area contributed by atoms with Gasteiger partial charge in [0.05, 0.1) is 5.56 Å². The van der Waals surface area contributed by atoms with Crippen molar-refractivity contribution in [3.8, 4) is 23.2 Å². The number of nitrogens with zero attached hydrogens (tertiary/aromatic N) is 2. The molecule has 1 saturated carbocycles. The van der Waals surface area contributed by atoms with E-state index in [1.807, 2.05) is 0 Å². The first kappa shape index (κ1) is 15.4. The van der Waals surface area contributed by atoms with Gasteiger partial charge >= 0.3 is 0 Å². The van der Waals surface area contributed by atoms with E-state index in [4.69, 9.17) is 0 Å². The lowest BCUT2D eigenvalue weighted by Gasteiger charge is -2.22. The van der Waals surface area contributed by atoms with Crippen LogP contribution in [0.3, 0.4) is 0 Å². The Bertz CT molecular complexity index is 715. The summed E-state index contributed by atoms with van der Waals surface area (Å²) < 4.78 is 12.9. The molecule has 1 aliphatic rings. The third kappa shape index (κ3) is 4.04. The van der Waals surface area contributed by atoms with E-state index >= 15 is 0 Å². The van der Waals surface area contributed by atoms with E-state index in [2.05, 4.69) is 34.5 Å². The smallest absolute Gasteiger partial charge is 0.159 e. The van der Waals surface area contributed by atoms with Gasteiger partial charge in [-0.3, -0.25) is 0 Å². The Kier molecular flexibility index (Phi) is 4.83. The summed E-state index contributed by atoms with van der Waals surface area (Å²) in [7, 11) is 0. The second-order valence-corrected chi connectivity index (χ2v) is 5.92. The van der Waals surface area contributed by atoms with E-state index in [1.165, 1.54) is 25.0 Å². The SMILES string of the molecule is C=C[C@H]1CC[C@H](C#Cc2cnc(-c3ccc(F)cc3)nc2)CC1. The lowest BCUT2D eigenvalue weighted by atomic mass is 9.82. The first-order chi connectivity index (χ1) is 11.2. The number of halogens is 1. The molecule has 0 unspecified atom stereocenters. The van der Waals surface area contributed by atoms with Crippen LogP contribution in [0.25, 0.3) is 11.4 Å². The van der Waals surface area contributed by atoms with E-state index in [9.17, 15) is 4.39 Å². The van der Waals surface area contributed by atoms with Crippen LogP contribution in [0.1, 0.15) is 31.2 Å². The third-order valence-electron chi connectivity index (χ3n) is 4.28. The zero-order chi connectivity index (χ0) is 16.1. The number of hydrogen-bond acceptors (Lipinski definition) is 2. The molecule has 2 aromatic rings. The number of aromatic nitrogens is 2. The van der Waals surface area contributed by atoms with Crippen LogP contribution in [-0.4, -0.2) is 9.97 Å². The molecular weight excluding hydrogens is 287 g/mol. The Balaban J connectivity index is 1.65. The molecule has 0 atom stereocenters. The van der Waals surface area contributed by atoms with Crippen LogP contribution in [0.4, 0.5) is 4.39 Å². The van der Waals surface area contributed by atoms with Gasteiger partial charge in [-0.15, -0.1) is 6.58 Å². The summed E-state index contributed by atoms with van der Waals surface area (Å²) in [5.74, 6) is 7.95. The molecule has 0 aliphatic heterocycles. The maximum Gasteiger partial charge on any atom is 0.159 e. The minimum atomic E-state index is -0.262. The standard InChI is InChI=1S/C20H19FN2/c1-2-15-3-5-16(6-4-15)7-8-17-13-22-20(23-14-17)18-9-11-19(21)12-10-18/h2,9-16H,1,3-6H2/t15-,16-. The van der Waals surface area contributed by atoms with Gasteiger partial charge in [-0.25, -0.2) is 14.4 Å². The highest BCUT2D eigenvalue weighted by Gasteiger charge is 2.17. The highest BCUT2D eigenvalue weighted by atomic mass is 19.1. The molecule has 0 saturated heterocycles. The lowest BCUT2D eigenvalue weighted by Crippen LogP contribution is -2.11. The Morgan fingerprint density at radius 1 is 1.04 bits per heavy atom. The van der Waals surface area contributed by atoms with Crippen molar-refractivity contribution in [3.63, 3.8) is 0 Å². The normalized spacial score (nSPS) is 20.4. The first-order valence-corrected chi connectivity index (χ1v) is 7.96. The average Bonchev–Trinajstić information content (AvgIpc) is 2.61. The van der Waals surface area contributed by atoms with Crippen molar-refractivity contribution in [1.82, 2.24) is 9.97 Å². The zero-order valence-corrected chi connectivity index (χ0v) is 13.0. The number of rotatable bonds is 2. The molecular formula is C20H19FN2. The monoisotopic (exact) mass is 306 g/mol. The third-order valence-corrected chi connectivity index (χ3v) is 4.28. The van der Waals surface area contributed by atoms with Crippen molar-refractivity contribution >= 4 is 0 Å². The maximum atomic E-state index is 12.9. The molecule has 1 heterocycles. The summed E-state index contributed by atoms with van der Waals surface area (Å²) in [6.07, 6.45) is 10.2.